The summed E-state index contributed by atoms with van der Waals surface area (Å²) < 4.78 is 10.5. The number of aryl methyl sites for hydroxylation is 1. The van der Waals surface area contributed by atoms with Gasteiger partial charge in [-0.2, -0.15) is 0 Å². The van der Waals surface area contributed by atoms with Crippen molar-refractivity contribution < 1.29 is 19.1 Å². The van der Waals surface area contributed by atoms with Crippen molar-refractivity contribution in [1.29, 1.82) is 0 Å². The van der Waals surface area contributed by atoms with Crippen molar-refractivity contribution in [2.75, 3.05) is 0 Å². The minimum Gasteiger partial charge on any atom is -0.512 e. The van der Waals surface area contributed by atoms with E-state index < -0.39 is 11.6 Å². The molecule has 1 aromatic heterocycles. The summed E-state index contributed by atoms with van der Waals surface area (Å²) in [6, 6.07) is 1.90. The highest BCUT2D eigenvalue weighted by Crippen LogP contribution is 2.36. The summed E-state index contributed by atoms with van der Waals surface area (Å²) in [5.74, 6) is -0.212. The SMILES string of the molecule is CC(C)C1(CCc2ccoc2)CC(O)=CC(=O)O1. The van der Waals surface area contributed by atoms with E-state index in [4.69, 9.17) is 9.15 Å². The van der Waals surface area contributed by atoms with Crippen molar-refractivity contribution in [3.63, 3.8) is 0 Å². The molecule has 0 fully saturated rings. The third-order valence-corrected chi connectivity index (χ3v) is 3.54. The van der Waals surface area contributed by atoms with Crippen LogP contribution in [-0.4, -0.2) is 16.7 Å². The molecular weight excluding hydrogens is 232 g/mol. The first-order chi connectivity index (χ1) is 8.52. The van der Waals surface area contributed by atoms with E-state index in [0.717, 1.165) is 18.1 Å². The van der Waals surface area contributed by atoms with Crippen molar-refractivity contribution in [3.05, 3.63) is 36.0 Å². The maximum Gasteiger partial charge on any atom is 0.334 e. The van der Waals surface area contributed by atoms with Crippen molar-refractivity contribution >= 4 is 5.97 Å². The zero-order valence-electron chi connectivity index (χ0n) is 10.7. The fourth-order valence-corrected chi connectivity index (χ4v) is 2.30. The Kier molecular flexibility index (Phi) is 3.45. The molecule has 0 aromatic carbocycles. The summed E-state index contributed by atoms with van der Waals surface area (Å²) in [6.07, 6.45) is 6.28. The normalized spacial score (nSPS) is 23.9. The highest BCUT2D eigenvalue weighted by Gasteiger charge is 2.41. The Bertz CT molecular complexity index is 444. The highest BCUT2D eigenvalue weighted by atomic mass is 16.6. The number of carbonyl (C=O) groups excluding carboxylic acids is 1. The molecule has 4 nitrogen and oxygen atoms in total. The summed E-state index contributed by atoms with van der Waals surface area (Å²) in [7, 11) is 0. The van der Waals surface area contributed by atoms with Gasteiger partial charge in [0.15, 0.2) is 0 Å². The second-order valence-corrected chi connectivity index (χ2v) is 5.08. The fraction of sp³-hybridized carbons (Fsp3) is 0.500. The summed E-state index contributed by atoms with van der Waals surface area (Å²) >= 11 is 0. The van der Waals surface area contributed by atoms with E-state index in [9.17, 15) is 9.90 Å². The van der Waals surface area contributed by atoms with Crippen LogP contribution in [0.15, 0.2) is 34.8 Å². The predicted octanol–water partition coefficient (Wildman–Crippen LogP) is 3.00. The molecule has 1 unspecified atom stereocenters. The van der Waals surface area contributed by atoms with Gasteiger partial charge in [0.1, 0.15) is 11.4 Å². The zero-order valence-corrected chi connectivity index (χ0v) is 10.7. The Morgan fingerprint density at radius 2 is 2.28 bits per heavy atom. The lowest BCUT2D eigenvalue weighted by Gasteiger charge is -2.38. The fourth-order valence-electron chi connectivity index (χ4n) is 2.30. The zero-order chi connectivity index (χ0) is 13.2. The molecule has 0 bridgehead atoms. The number of esters is 1. The van der Waals surface area contributed by atoms with Gasteiger partial charge in [-0.05, 0) is 30.4 Å². The van der Waals surface area contributed by atoms with Crippen LogP contribution >= 0.6 is 0 Å². The topological polar surface area (TPSA) is 59.7 Å². The number of aliphatic hydroxyl groups excluding tert-OH is 1. The third-order valence-electron chi connectivity index (χ3n) is 3.54. The van der Waals surface area contributed by atoms with Crippen LogP contribution in [0.2, 0.25) is 0 Å². The van der Waals surface area contributed by atoms with Crippen LogP contribution in [0.25, 0.3) is 0 Å². The lowest BCUT2D eigenvalue weighted by molar-refractivity contribution is -0.163. The maximum absolute atomic E-state index is 11.5. The molecule has 0 saturated heterocycles. The number of cyclic esters (lactones) is 1. The van der Waals surface area contributed by atoms with Crippen molar-refractivity contribution in [1.82, 2.24) is 0 Å². The second kappa shape index (κ2) is 4.88. The average Bonchev–Trinajstić information content (AvgIpc) is 2.77. The van der Waals surface area contributed by atoms with Gasteiger partial charge >= 0.3 is 5.97 Å². The first kappa shape index (κ1) is 12.7. The molecule has 1 N–H and O–H groups in total. The van der Waals surface area contributed by atoms with Crippen LogP contribution in [0.1, 0.15) is 32.3 Å². The molecule has 0 saturated carbocycles. The Balaban J connectivity index is 2.12. The molecule has 4 heteroatoms. The van der Waals surface area contributed by atoms with E-state index >= 15 is 0 Å². The molecule has 18 heavy (non-hydrogen) atoms. The number of ether oxygens (including phenoxy) is 1. The minimum absolute atomic E-state index is 0.104. The standard InChI is InChI=1S/C14H18O4/c1-10(2)14(5-3-11-4-6-17-9-11)8-12(15)7-13(16)18-14/h4,6-7,9-10,15H,3,5,8H2,1-2H3. The number of aliphatic hydroxyl groups is 1. The predicted molar refractivity (Wildman–Crippen MR) is 66.0 cm³/mol. The van der Waals surface area contributed by atoms with E-state index in [2.05, 4.69) is 0 Å². The van der Waals surface area contributed by atoms with Gasteiger partial charge in [0.05, 0.1) is 18.6 Å². The maximum atomic E-state index is 11.5. The van der Waals surface area contributed by atoms with Gasteiger partial charge in [-0.15, -0.1) is 0 Å². The second-order valence-electron chi connectivity index (χ2n) is 5.08. The van der Waals surface area contributed by atoms with Crippen LogP contribution in [0, 0.1) is 5.92 Å². The van der Waals surface area contributed by atoms with Gasteiger partial charge in [-0.25, -0.2) is 4.79 Å². The van der Waals surface area contributed by atoms with Crippen LogP contribution in [0.4, 0.5) is 0 Å². The van der Waals surface area contributed by atoms with Crippen molar-refractivity contribution in [2.24, 2.45) is 5.92 Å². The molecule has 0 aliphatic carbocycles. The molecule has 2 heterocycles. The number of rotatable bonds is 4. The molecule has 0 spiro atoms. The van der Waals surface area contributed by atoms with Gasteiger partial charge in [0.25, 0.3) is 0 Å². The van der Waals surface area contributed by atoms with Crippen molar-refractivity contribution in [3.8, 4) is 0 Å². The van der Waals surface area contributed by atoms with E-state index in [1.807, 2.05) is 19.9 Å². The van der Waals surface area contributed by atoms with Crippen molar-refractivity contribution in [2.45, 2.75) is 38.7 Å². The van der Waals surface area contributed by atoms with Gasteiger partial charge in [0, 0.05) is 6.42 Å². The molecule has 2 rings (SSSR count). The minimum atomic E-state index is -0.618. The lowest BCUT2D eigenvalue weighted by atomic mass is 9.80. The third kappa shape index (κ3) is 2.58. The quantitative estimate of drug-likeness (QED) is 0.834. The van der Waals surface area contributed by atoms with E-state index in [1.165, 1.54) is 0 Å². The molecule has 1 atom stereocenters. The lowest BCUT2D eigenvalue weighted by Crippen LogP contribution is -2.43. The highest BCUT2D eigenvalue weighted by molar-refractivity contribution is 5.83. The van der Waals surface area contributed by atoms with Gasteiger partial charge in [-0.3, -0.25) is 0 Å². The first-order valence-corrected chi connectivity index (χ1v) is 6.15. The molecule has 1 aliphatic heterocycles. The first-order valence-electron chi connectivity index (χ1n) is 6.15. The number of furan rings is 1. The van der Waals surface area contributed by atoms with E-state index in [1.54, 1.807) is 12.5 Å². The van der Waals surface area contributed by atoms with Gasteiger partial charge < -0.3 is 14.3 Å². The smallest absolute Gasteiger partial charge is 0.334 e. The molecule has 1 aliphatic rings. The Hall–Kier alpha value is -1.71. The molecule has 0 amide bonds. The molecular formula is C14H18O4. The monoisotopic (exact) mass is 250 g/mol. The Labute approximate surface area is 106 Å². The van der Waals surface area contributed by atoms with E-state index in [0.29, 0.717) is 12.8 Å². The molecule has 98 valence electrons. The summed E-state index contributed by atoms with van der Waals surface area (Å²) in [4.78, 5) is 11.5. The van der Waals surface area contributed by atoms with Crippen LogP contribution in [0.3, 0.4) is 0 Å². The number of hydrogen-bond donors (Lipinski definition) is 1. The average molecular weight is 250 g/mol. The van der Waals surface area contributed by atoms with E-state index in [-0.39, 0.29) is 11.7 Å². The summed E-state index contributed by atoms with van der Waals surface area (Å²) in [5.41, 5.74) is 0.452. The summed E-state index contributed by atoms with van der Waals surface area (Å²) in [5, 5.41) is 9.66. The summed E-state index contributed by atoms with van der Waals surface area (Å²) in [6.45, 7) is 4.00. The number of carbonyl (C=O) groups is 1. The van der Waals surface area contributed by atoms with Crippen LogP contribution in [0.5, 0.6) is 0 Å². The Morgan fingerprint density at radius 1 is 1.50 bits per heavy atom. The number of hydrogen-bond acceptors (Lipinski definition) is 4. The van der Waals surface area contributed by atoms with Crippen LogP contribution in [-0.2, 0) is 16.0 Å². The largest absolute Gasteiger partial charge is 0.512 e. The van der Waals surface area contributed by atoms with Crippen LogP contribution < -0.4 is 0 Å². The van der Waals surface area contributed by atoms with Gasteiger partial charge in [-0.1, -0.05) is 13.8 Å². The Morgan fingerprint density at radius 3 is 2.83 bits per heavy atom. The molecule has 0 radical (unpaired) electrons. The molecule has 1 aromatic rings. The van der Waals surface area contributed by atoms with Gasteiger partial charge in [0.2, 0.25) is 0 Å².